The van der Waals surface area contributed by atoms with E-state index < -0.39 is 0 Å². The van der Waals surface area contributed by atoms with E-state index in [2.05, 4.69) is 80.5 Å². The summed E-state index contributed by atoms with van der Waals surface area (Å²) in [4.78, 5) is 0. The fourth-order valence-corrected chi connectivity index (χ4v) is 4.34. The molecule has 0 heteroatoms. The third kappa shape index (κ3) is 2.09. The molecule has 0 bridgehead atoms. The molecule has 0 amide bonds. The minimum absolute atomic E-state index is 0.0176. The lowest BCUT2D eigenvalue weighted by Gasteiger charge is -2.31. The Balaban J connectivity index is 1.94. The average molecular weight is 310 g/mol. The Morgan fingerprint density at radius 2 is 1.88 bits per heavy atom. The zero-order valence-corrected chi connectivity index (χ0v) is 14.3. The maximum atomic E-state index is 5.73. The molecule has 118 valence electrons. The predicted molar refractivity (Wildman–Crippen MR) is 102 cm³/mol. The predicted octanol–water partition coefficient (Wildman–Crippen LogP) is 5.99. The highest BCUT2D eigenvalue weighted by atomic mass is 14.4. The monoisotopic (exact) mass is 310 g/mol. The summed E-state index contributed by atoms with van der Waals surface area (Å²) >= 11 is 0. The molecule has 0 heterocycles. The van der Waals surface area contributed by atoms with E-state index in [1.807, 2.05) is 0 Å². The van der Waals surface area contributed by atoms with Gasteiger partial charge in [0.1, 0.15) is 0 Å². The second-order valence-corrected chi connectivity index (χ2v) is 7.26. The van der Waals surface area contributed by atoms with Crippen LogP contribution < -0.4 is 0 Å². The second kappa shape index (κ2) is 5.53. The van der Waals surface area contributed by atoms with Gasteiger partial charge in [0.25, 0.3) is 0 Å². The van der Waals surface area contributed by atoms with E-state index in [0.29, 0.717) is 5.92 Å². The van der Waals surface area contributed by atoms with Gasteiger partial charge in [0.05, 0.1) is 0 Å². The van der Waals surface area contributed by atoms with Gasteiger partial charge in [-0.2, -0.15) is 0 Å². The van der Waals surface area contributed by atoms with Crippen LogP contribution in [0, 0.1) is 12.3 Å². The highest BCUT2D eigenvalue weighted by Crippen LogP contribution is 2.51. The Labute approximate surface area is 144 Å². The van der Waals surface area contributed by atoms with E-state index in [0.717, 1.165) is 12.8 Å². The molecule has 2 aliphatic carbocycles. The Kier molecular flexibility index (Phi) is 3.47. The lowest BCUT2D eigenvalue weighted by molar-refractivity contribution is 0.601. The Hall–Kier alpha value is -2.52. The molecular weight excluding hydrogens is 288 g/mol. The Morgan fingerprint density at radius 1 is 1.08 bits per heavy atom. The molecule has 1 atom stereocenters. The number of fused-ring (bicyclic) bond motifs is 3. The van der Waals surface area contributed by atoms with E-state index in [4.69, 9.17) is 6.42 Å². The topological polar surface area (TPSA) is 0 Å². The second-order valence-electron chi connectivity index (χ2n) is 7.26. The zero-order valence-electron chi connectivity index (χ0n) is 14.3. The number of terminal acetylenes is 1. The maximum Gasteiger partial charge on any atom is 0.0214 e. The van der Waals surface area contributed by atoms with Crippen LogP contribution in [0.1, 0.15) is 49.3 Å². The van der Waals surface area contributed by atoms with Crippen LogP contribution in [0.5, 0.6) is 0 Å². The van der Waals surface area contributed by atoms with E-state index >= 15 is 0 Å². The standard InChI is InChI=1S/C24H22/c1-4-10-20-18-13-7-8-14-19(18)21-15-9-16-22(23(20)21)24(2,3)17-11-5-6-12-17/h1,5-9,11,13-16,20H,10,12H2,2-3H3. The van der Waals surface area contributed by atoms with Crippen LogP contribution in [-0.2, 0) is 5.41 Å². The van der Waals surface area contributed by atoms with Crippen molar-refractivity contribution in [2.24, 2.45) is 0 Å². The first kappa shape index (κ1) is 15.0. The van der Waals surface area contributed by atoms with Crippen molar-refractivity contribution in [1.82, 2.24) is 0 Å². The van der Waals surface area contributed by atoms with Crippen molar-refractivity contribution < 1.29 is 0 Å². The van der Waals surface area contributed by atoms with Gasteiger partial charge in [0.15, 0.2) is 0 Å². The van der Waals surface area contributed by atoms with Gasteiger partial charge in [-0.25, -0.2) is 0 Å². The van der Waals surface area contributed by atoms with Crippen LogP contribution in [0.2, 0.25) is 0 Å². The fraction of sp³-hybridized carbons (Fsp3) is 0.250. The Morgan fingerprint density at radius 3 is 2.62 bits per heavy atom. The van der Waals surface area contributed by atoms with Crippen molar-refractivity contribution in [1.29, 1.82) is 0 Å². The number of benzene rings is 2. The van der Waals surface area contributed by atoms with Crippen molar-refractivity contribution in [3.63, 3.8) is 0 Å². The van der Waals surface area contributed by atoms with Gasteiger partial charge in [-0.1, -0.05) is 80.1 Å². The number of hydrogen-bond donors (Lipinski definition) is 0. The van der Waals surface area contributed by atoms with E-state index in [9.17, 15) is 0 Å². The summed E-state index contributed by atoms with van der Waals surface area (Å²) in [5, 5.41) is 0. The summed E-state index contributed by atoms with van der Waals surface area (Å²) in [6, 6.07) is 15.5. The largest absolute Gasteiger partial charge is 0.120 e. The van der Waals surface area contributed by atoms with Crippen LogP contribution >= 0.6 is 0 Å². The first-order valence-electron chi connectivity index (χ1n) is 8.67. The van der Waals surface area contributed by atoms with Crippen molar-refractivity contribution in [3.05, 3.63) is 83.0 Å². The fourth-order valence-electron chi connectivity index (χ4n) is 4.34. The molecule has 0 aromatic heterocycles. The molecule has 0 radical (unpaired) electrons. The summed E-state index contributed by atoms with van der Waals surface area (Å²) < 4.78 is 0. The van der Waals surface area contributed by atoms with Gasteiger partial charge in [0, 0.05) is 17.8 Å². The third-order valence-corrected chi connectivity index (χ3v) is 5.65. The summed E-state index contributed by atoms with van der Waals surface area (Å²) in [6.45, 7) is 4.69. The molecule has 2 aromatic rings. The molecule has 0 N–H and O–H groups in total. The SMILES string of the molecule is C#CCC1c2ccccc2-c2cccc(C(C)(C)C3=CC=CC3)c21. The van der Waals surface area contributed by atoms with Crippen LogP contribution in [-0.4, -0.2) is 0 Å². The van der Waals surface area contributed by atoms with Crippen LogP contribution in [0.15, 0.2) is 66.3 Å². The van der Waals surface area contributed by atoms with Crippen molar-refractivity contribution in [2.75, 3.05) is 0 Å². The number of rotatable bonds is 3. The average Bonchev–Trinajstić information content (AvgIpc) is 3.23. The summed E-state index contributed by atoms with van der Waals surface area (Å²) in [5.74, 6) is 3.22. The van der Waals surface area contributed by atoms with Gasteiger partial charge < -0.3 is 0 Å². The molecule has 0 saturated carbocycles. The van der Waals surface area contributed by atoms with Gasteiger partial charge in [-0.15, -0.1) is 12.3 Å². The van der Waals surface area contributed by atoms with Crippen molar-refractivity contribution in [2.45, 2.75) is 38.0 Å². The smallest absolute Gasteiger partial charge is 0.0214 e. The molecule has 1 unspecified atom stereocenters. The minimum atomic E-state index is 0.0176. The molecule has 0 saturated heterocycles. The lowest BCUT2D eigenvalue weighted by atomic mass is 9.72. The number of allylic oxidation sites excluding steroid dienone is 4. The summed E-state index contributed by atoms with van der Waals surface area (Å²) in [5.41, 5.74) is 8.45. The van der Waals surface area contributed by atoms with Crippen LogP contribution in [0.25, 0.3) is 11.1 Å². The van der Waals surface area contributed by atoms with Gasteiger partial charge in [-0.3, -0.25) is 0 Å². The maximum absolute atomic E-state index is 5.73. The van der Waals surface area contributed by atoms with Crippen molar-refractivity contribution >= 4 is 0 Å². The molecule has 0 nitrogen and oxygen atoms in total. The first-order valence-corrected chi connectivity index (χ1v) is 8.67. The molecule has 0 aliphatic heterocycles. The third-order valence-electron chi connectivity index (χ3n) is 5.65. The van der Waals surface area contributed by atoms with Gasteiger partial charge >= 0.3 is 0 Å². The van der Waals surface area contributed by atoms with Gasteiger partial charge in [-0.05, 0) is 34.2 Å². The Bertz CT molecular complexity index is 900. The first-order chi connectivity index (χ1) is 11.6. The normalized spacial score (nSPS) is 18.0. The molecule has 0 spiro atoms. The molecule has 0 fully saturated rings. The lowest BCUT2D eigenvalue weighted by Crippen LogP contribution is -2.22. The van der Waals surface area contributed by atoms with E-state index in [1.165, 1.54) is 33.4 Å². The molecule has 24 heavy (non-hydrogen) atoms. The number of hydrogen-bond acceptors (Lipinski definition) is 0. The summed E-state index contributed by atoms with van der Waals surface area (Å²) in [6.07, 6.45) is 14.2. The van der Waals surface area contributed by atoms with Gasteiger partial charge in [0.2, 0.25) is 0 Å². The molecule has 4 rings (SSSR count). The van der Waals surface area contributed by atoms with Crippen LogP contribution in [0.4, 0.5) is 0 Å². The highest BCUT2D eigenvalue weighted by Gasteiger charge is 2.36. The molecular formula is C24H22. The zero-order chi connectivity index (χ0) is 16.7. The minimum Gasteiger partial charge on any atom is -0.120 e. The quantitative estimate of drug-likeness (QED) is 0.611. The highest BCUT2D eigenvalue weighted by molar-refractivity contribution is 5.81. The van der Waals surface area contributed by atoms with Crippen molar-refractivity contribution in [3.8, 4) is 23.5 Å². The molecule has 2 aromatic carbocycles. The van der Waals surface area contributed by atoms with Crippen LogP contribution in [0.3, 0.4) is 0 Å². The molecule has 2 aliphatic rings. The van der Waals surface area contributed by atoms with E-state index in [-0.39, 0.29) is 5.41 Å². The van der Waals surface area contributed by atoms with E-state index in [1.54, 1.807) is 0 Å². The summed E-state index contributed by atoms with van der Waals surface area (Å²) in [7, 11) is 0.